The second-order valence-electron chi connectivity index (χ2n) is 4.86. The maximum absolute atomic E-state index is 11.9. The molecule has 4 heteroatoms. The molecule has 0 aromatic heterocycles. The van der Waals surface area contributed by atoms with Crippen molar-refractivity contribution in [1.29, 1.82) is 0 Å². The molecule has 0 saturated heterocycles. The van der Waals surface area contributed by atoms with Gasteiger partial charge in [0.2, 0.25) is 5.91 Å². The number of hydrogen-bond acceptors (Lipinski definition) is 3. The molecule has 1 atom stereocenters. The summed E-state index contributed by atoms with van der Waals surface area (Å²) in [6.45, 7) is 11.1. The quantitative estimate of drug-likeness (QED) is 0.690. The molecule has 0 rings (SSSR count). The first-order valence-electron chi connectivity index (χ1n) is 5.92. The zero-order valence-corrected chi connectivity index (χ0v) is 11.4. The highest BCUT2D eigenvalue weighted by Crippen LogP contribution is 2.06. The van der Waals surface area contributed by atoms with Gasteiger partial charge < -0.3 is 15.4 Å². The Balaban J connectivity index is 4.34. The third kappa shape index (κ3) is 4.94. The number of carbonyl (C=O) groups excluding carboxylic acids is 1. The van der Waals surface area contributed by atoms with Gasteiger partial charge in [0, 0.05) is 6.61 Å². The van der Waals surface area contributed by atoms with Gasteiger partial charge in [0.1, 0.15) is 0 Å². The van der Waals surface area contributed by atoms with E-state index in [9.17, 15) is 4.79 Å². The Hall–Kier alpha value is -0.610. The van der Waals surface area contributed by atoms with Gasteiger partial charge >= 0.3 is 0 Å². The fraction of sp³-hybridized carbons (Fsp3) is 0.917. The van der Waals surface area contributed by atoms with Crippen LogP contribution in [0, 0.1) is 5.92 Å². The Morgan fingerprint density at radius 3 is 2.31 bits per heavy atom. The number of nitrogens with one attached hydrogen (secondary N) is 2. The molecule has 0 radical (unpaired) electrons. The van der Waals surface area contributed by atoms with Gasteiger partial charge in [-0.15, -0.1) is 0 Å². The van der Waals surface area contributed by atoms with E-state index in [1.54, 1.807) is 7.05 Å². The van der Waals surface area contributed by atoms with Crippen LogP contribution in [0.25, 0.3) is 0 Å². The van der Waals surface area contributed by atoms with Gasteiger partial charge in [-0.05, 0) is 33.7 Å². The van der Waals surface area contributed by atoms with Crippen molar-refractivity contribution in [2.75, 3.05) is 20.3 Å². The molecular weight excluding hydrogens is 204 g/mol. The van der Waals surface area contributed by atoms with Crippen LogP contribution in [0.1, 0.15) is 34.6 Å². The first-order valence-corrected chi connectivity index (χ1v) is 5.92. The SMILES string of the molecule is CCOCC(NC(=O)C(C)(C)NC)C(C)C. The van der Waals surface area contributed by atoms with Crippen molar-refractivity contribution in [3.05, 3.63) is 0 Å². The van der Waals surface area contributed by atoms with Crippen LogP contribution in [0.3, 0.4) is 0 Å². The Morgan fingerprint density at radius 1 is 1.38 bits per heavy atom. The number of likely N-dealkylation sites (N-methyl/N-ethyl adjacent to an activating group) is 1. The minimum absolute atomic E-state index is 0.00778. The molecule has 96 valence electrons. The van der Waals surface area contributed by atoms with E-state index in [1.165, 1.54) is 0 Å². The van der Waals surface area contributed by atoms with Crippen LogP contribution in [0.2, 0.25) is 0 Å². The molecule has 0 aromatic carbocycles. The lowest BCUT2D eigenvalue weighted by atomic mass is 10.0. The number of hydrogen-bond donors (Lipinski definition) is 2. The van der Waals surface area contributed by atoms with Crippen molar-refractivity contribution in [1.82, 2.24) is 10.6 Å². The van der Waals surface area contributed by atoms with Crippen LogP contribution in [0.15, 0.2) is 0 Å². The molecule has 0 spiro atoms. The summed E-state index contributed by atoms with van der Waals surface area (Å²) >= 11 is 0. The lowest BCUT2D eigenvalue weighted by Gasteiger charge is -2.28. The molecule has 0 aromatic rings. The summed E-state index contributed by atoms with van der Waals surface area (Å²) in [5.41, 5.74) is -0.542. The summed E-state index contributed by atoms with van der Waals surface area (Å²) in [5.74, 6) is 0.372. The monoisotopic (exact) mass is 230 g/mol. The lowest BCUT2D eigenvalue weighted by molar-refractivity contribution is -0.127. The summed E-state index contributed by atoms with van der Waals surface area (Å²) in [6, 6.07) is 0.0695. The van der Waals surface area contributed by atoms with E-state index in [1.807, 2.05) is 20.8 Å². The normalized spacial score (nSPS) is 13.9. The van der Waals surface area contributed by atoms with E-state index in [-0.39, 0.29) is 11.9 Å². The molecule has 0 saturated carbocycles. The smallest absolute Gasteiger partial charge is 0.240 e. The van der Waals surface area contributed by atoms with Crippen molar-refractivity contribution < 1.29 is 9.53 Å². The predicted molar refractivity (Wildman–Crippen MR) is 66.4 cm³/mol. The van der Waals surface area contributed by atoms with Crippen molar-refractivity contribution in [3.8, 4) is 0 Å². The van der Waals surface area contributed by atoms with Crippen LogP contribution in [0.4, 0.5) is 0 Å². The molecule has 2 N–H and O–H groups in total. The summed E-state index contributed by atoms with van der Waals surface area (Å²) in [7, 11) is 1.78. The highest BCUT2D eigenvalue weighted by Gasteiger charge is 2.28. The average molecular weight is 230 g/mol. The average Bonchev–Trinajstić information content (AvgIpc) is 2.23. The zero-order valence-electron chi connectivity index (χ0n) is 11.4. The summed E-state index contributed by atoms with van der Waals surface area (Å²) < 4.78 is 5.37. The van der Waals surface area contributed by atoms with E-state index in [0.717, 1.165) is 0 Å². The van der Waals surface area contributed by atoms with Gasteiger partial charge in [0.15, 0.2) is 0 Å². The minimum Gasteiger partial charge on any atom is -0.380 e. The van der Waals surface area contributed by atoms with Crippen LogP contribution < -0.4 is 10.6 Å². The van der Waals surface area contributed by atoms with Gasteiger partial charge in [-0.2, -0.15) is 0 Å². The fourth-order valence-corrected chi connectivity index (χ4v) is 1.11. The number of amides is 1. The third-order valence-electron chi connectivity index (χ3n) is 2.82. The van der Waals surface area contributed by atoms with E-state index in [2.05, 4.69) is 24.5 Å². The van der Waals surface area contributed by atoms with Crippen molar-refractivity contribution in [3.63, 3.8) is 0 Å². The fourth-order valence-electron chi connectivity index (χ4n) is 1.11. The van der Waals surface area contributed by atoms with Crippen LogP contribution in [0.5, 0.6) is 0 Å². The van der Waals surface area contributed by atoms with E-state index in [0.29, 0.717) is 19.1 Å². The van der Waals surface area contributed by atoms with Gasteiger partial charge in [-0.3, -0.25) is 4.79 Å². The largest absolute Gasteiger partial charge is 0.380 e. The lowest BCUT2D eigenvalue weighted by Crippen LogP contribution is -2.55. The molecule has 0 aliphatic heterocycles. The number of rotatable bonds is 7. The first kappa shape index (κ1) is 15.4. The molecule has 4 nitrogen and oxygen atoms in total. The molecule has 0 bridgehead atoms. The van der Waals surface area contributed by atoms with Crippen molar-refractivity contribution >= 4 is 5.91 Å². The molecule has 0 heterocycles. The Morgan fingerprint density at radius 2 is 1.94 bits per heavy atom. The summed E-state index contributed by atoms with van der Waals surface area (Å²) in [4.78, 5) is 11.9. The van der Waals surface area contributed by atoms with Crippen LogP contribution in [-0.4, -0.2) is 37.7 Å². The second-order valence-corrected chi connectivity index (χ2v) is 4.86. The highest BCUT2D eigenvalue weighted by atomic mass is 16.5. The minimum atomic E-state index is -0.542. The van der Waals surface area contributed by atoms with Gasteiger partial charge in [0.25, 0.3) is 0 Å². The van der Waals surface area contributed by atoms with Crippen molar-refractivity contribution in [2.24, 2.45) is 5.92 Å². The molecular formula is C12H26N2O2. The zero-order chi connectivity index (χ0) is 12.8. The van der Waals surface area contributed by atoms with Gasteiger partial charge in [-0.25, -0.2) is 0 Å². The Bertz CT molecular complexity index is 215. The first-order chi connectivity index (χ1) is 7.35. The Labute approximate surface area is 99.1 Å². The van der Waals surface area contributed by atoms with E-state index < -0.39 is 5.54 Å². The van der Waals surface area contributed by atoms with Crippen LogP contribution >= 0.6 is 0 Å². The number of ether oxygens (including phenoxy) is 1. The topological polar surface area (TPSA) is 50.4 Å². The molecule has 16 heavy (non-hydrogen) atoms. The highest BCUT2D eigenvalue weighted by molar-refractivity contribution is 5.85. The predicted octanol–water partition coefficient (Wildman–Crippen LogP) is 1.16. The number of carbonyl (C=O) groups is 1. The third-order valence-corrected chi connectivity index (χ3v) is 2.82. The maximum atomic E-state index is 11.9. The Kier molecular flexibility index (Phi) is 6.60. The second kappa shape index (κ2) is 6.86. The van der Waals surface area contributed by atoms with Gasteiger partial charge in [-0.1, -0.05) is 13.8 Å². The molecule has 1 unspecified atom stereocenters. The maximum Gasteiger partial charge on any atom is 0.240 e. The van der Waals surface area contributed by atoms with Crippen LogP contribution in [-0.2, 0) is 9.53 Å². The van der Waals surface area contributed by atoms with E-state index >= 15 is 0 Å². The van der Waals surface area contributed by atoms with E-state index in [4.69, 9.17) is 4.74 Å². The van der Waals surface area contributed by atoms with Gasteiger partial charge in [0.05, 0.1) is 18.2 Å². The summed E-state index contributed by atoms with van der Waals surface area (Å²) in [5, 5.41) is 6.00. The molecule has 1 amide bonds. The molecule has 0 fully saturated rings. The molecule has 0 aliphatic carbocycles. The summed E-state index contributed by atoms with van der Waals surface area (Å²) in [6.07, 6.45) is 0. The standard InChI is InChI=1S/C12H26N2O2/c1-7-16-8-10(9(2)3)14-11(15)12(4,5)13-6/h9-10,13H,7-8H2,1-6H3,(H,14,15). The van der Waals surface area contributed by atoms with Crippen molar-refractivity contribution in [2.45, 2.75) is 46.2 Å². The molecule has 0 aliphatic rings.